The lowest BCUT2D eigenvalue weighted by Gasteiger charge is -2.47. The van der Waals surface area contributed by atoms with Crippen LogP contribution in [-0.2, 0) is 23.3 Å². The molecule has 0 atom stereocenters. The van der Waals surface area contributed by atoms with Crippen LogP contribution in [0.4, 0.5) is 0 Å². The Morgan fingerprint density at radius 3 is 2.79 bits per heavy atom. The van der Waals surface area contributed by atoms with Gasteiger partial charge in [-0.2, -0.15) is 5.10 Å². The molecule has 0 radical (unpaired) electrons. The number of para-hydroxylation sites is 1. The maximum atomic E-state index is 12.5. The van der Waals surface area contributed by atoms with Gasteiger partial charge in [0.1, 0.15) is 19.2 Å². The normalized spacial score (nSPS) is 16.9. The maximum absolute atomic E-state index is 12.5. The van der Waals surface area contributed by atoms with Gasteiger partial charge in [-0.15, -0.1) is 10.2 Å². The summed E-state index contributed by atoms with van der Waals surface area (Å²) in [5, 5.41) is 13.5. The number of benzene rings is 1. The summed E-state index contributed by atoms with van der Waals surface area (Å²) in [7, 11) is 0. The van der Waals surface area contributed by atoms with Gasteiger partial charge in [0, 0.05) is 47.9 Å². The summed E-state index contributed by atoms with van der Waals surface area (Å²) in [6.07, 6.45) is 6.06. The molecule has 0 aliphatic carbocycles. The van der Waals surface area contributed by atoms with Crippen molar-refractivity contribution in [3.63, 3.8) is 0 Å². The first-order valence-electron chi connectivity index (χ1n) is 9.74. The number of hydrogen-bond acceptors (Lipinski definition) is 5. The summed E-state index contributed by atoms with van der Waals surface area (Å²) in [4.78, 5) is 19.0. The topological polar surface area (TPSA) is 81.7 Å². The van der Waals surface area contributed by atoms with Gasteiger partial charge in [0.2, 0.25) is 5.91 Å². The summed E-state index contributed by atoms with van der Waals surface area (Å²) in [6.45, 7) is 2.67. The Balaban J connectivity index is 1.24. The average molecular weight is 385 g/mol. The molecule has 1 amide bonds. The van der Waals surface area contributed by atoms with Crippen molar-refractivity contribution in [3.05, 3.63) is 60.9 Å². The number of aryl methyl sites for hydroxylation is 1. The number of rotatable bonds is 3. The van der Waals surface area contributed by atoms with Crippen molar-refractivity contribution in [1.29, 1.82) is 0 Å². The molecule has 0 unspecified atom stereocenters. The first-order valence-corrected chi connectivity index (χ1v) is 9.74. The molecule has 1 fully saturated rings. The van der Waals surface area contributed by atoms with E-state index in [2.05, 4.69) is 38.1 Å². The maximum Gasteiger partial charge on any atom is 0.242 e. The molecule has 1 aromatic carbocycles. The molecule has 1 spiro atoms. The quantitative estimate of drug-likeness (QED) is 0.538. The number of aromatic nitrogens is 6. The molecule has 3 aromatic heterocycles. The fourth-order valence-electron chi connectivity index (χ4n) is 4.56. The number of nitrogens with zero attached hydrogens (tertiary/aromatic N) is 7. The number of fused-ring (bicyclic) bond motifs is 3. The lowest BCUT2D eigenvalue weighted by Crippen LogP contribution is -2.60. The SMILES string of the molecule is O=C(Cn1cnnc1)N1CC2(CCn3nc(-c4cnc5ccccc5c4)cc32)C1. The minimum absolute atomic E-state index is 0.0262. The number of likely N-dealkylation sites (tertiary alicyclic amines) is 1. The Bertz CT molecular complexity index is 1220. The van der Waals surface area contributed by atoms with Gasteiger partial charge in [0.05, 0.1) is 11.2 Å². The lowest BCUT2D eigenvalue weighted by atomic mass is 9.75. The highest BCUT2D eigenvalue weighted by molar-refractivity contribution is 5.83. The van der Waals surface area contributed by atoms with Gasteiger partial charge in [0.25, 0.3) is 0 Å². The van der Waals surface area contributed by atoms with Crippen LogP contribution in [-0.4, -0.2) is 53.4 Å². The third kappa shape index (κ3) is 2.55. The van der Waals surface area contributed by atoms with E-state index in [1.54, 1.807) is 17.2 Å². The first kappa shape index (κ1) is 16.4. The molecule has 8 nitrogen and oxygen atoms in total. The summed E-state index contributed by atoms with van der Waals surface area (Å²) in [6, 6.07) is 12.4. The number of amides is 1. The Kier molecular flexibility index (Phi) is 3.38. The number of hydrogen-bond donors (Lipinski definition) is 0. The van der Waals surface area contributed by atoms with Crippen LogP contribution in [0.1, 0.15) is 12.1 Å². The van der Waals surface area contributed by atoms with Crippen molar-refractivity contribution in [3.8, 4) is 11.3 Å². The summed E-state index contributed by atoms with van der Waals surface area (Å²) >= 11 is 0. The van der Waals surface area contributed by atoms with Gasteiger partial charge < -0.3 is 9.47 Å². The molecule has 0 saturated carbocycles. The second kappa shape index (κ2) is 5.97. The molecular weight excluding hydrogens is 366 g/mol. The van der Waals surface area contributed by atoms with Crippen molar-refractivity contribution in [2.75, 3.05) is 13.1 Å². The van der Waals surface area contributed by atoms with E-state index in [1.807, 2.05) is 29.3 Å². The second-order valence-electron chi connectivity index (χ2n) is 7.97. The van der Waals surface area contributed by atoms with Crippen molar-refractivity contribution >= 4 is 16.8 Å². The van der Waals surface area contributed by atoms with Crippen LogP contribution in [0.3, 0.4) is 0 Å². The number of carbonyl (C=O) groups is 1. The highest BCUT2D eigenvalue weighted by atomic mass is 16.2. The summed E-state index contributed by atoms with van der Waals surface area (Å²) in [5.41, 5.74) is 4.22. The van der Waals surface area contributed by atoms with Crippen molar-refractivity contribution in [2.24, 2.45) is 0 Å². The lowest BCUT2D eigenvalue weighted by molar-refractivity contribution is -0.139. The molecule has 144 valence electrons. The van der Waals surface area contributed by atoms with Crippen LogP contribution in [0.25, 0.3) is 22.2 Å². The fourth-order valence-corrected chi connectivity index (χ4v) is 4.56. The number of carbonyl (C=O) groups excluding carboxylic acids is 1. The van der Waals surface area contributed by atoms with Gasteiger partial charge in [-0.05, 0) is 24.6 Å². The molecule has 29 heavy (non-hydrogen) atoms. The summed E-state index contributed by atoms with van der Waals surface area (Å²) in [5.74, 6) is 0.104. The van der Waals surface area contributed by atoms with Gasteiger partial charge in [-0.25, -0.2) is 0 Å². The van der Waals surface area contributed by atoms with Crippen LogP contribution in [0.5, 0.6) is 0 Å². The largest absolute Gasteiger partial charge is 0.339 e. The van der Waals surface area contributed by atoms with Crippen molar-refractivity contribution in [1.82, 2.24) is 34.4 Å². The third-order valence-corrected chi connectivity index (χ3v) is 6.14. The highest BCUT2D eigenvalue weighted by Crippen LogP contribution is 2.44. The van der Waals surface area contributed by atoms with E-state index in [0.29, 0.717) is 0 Å². The van der Waals surface area contributed by atoms with Crippen LogP contribution >= 0.6 is 0 Å². The Labute approximate surface area is 166 Å². The Morgan fingerprint density at radius 1 is 1.10 bits per heavy atom. The van der Waals surface area contributed by atoms with E-state index in [4.69, 9.17) is 5.10 Å². The minimum atomic E-state index is 0.0262. The third-order valence-electron chi connectivity index (χ3n) is 6.14. The second-order valence-corrected chi connectivity index (χ2v) is 7.97. The molecule has 1 saturated heterocycles. The van der Waals surface area contributed by atoms with E-state index in [1.165, 1.54) is 5.69 Å². The molecule has 6 rings (SSSR count). The van der Waals surface area contributed by atoms with E-state index in [0.717, 1.165) is 48.2 Å². The zero-order valence-corrected chi connectivity index (χ0v) is 15.8. The smallest absolute Gasteiger partial charge is 0.242 e. The molecule has 8 heteroatoms. The molecule has 0 N–H and O–H groups in total. The predicted molar refractivity (Wildman–Crippen MR) is 106 cm³/mol. The standard InChI is InChI=1S/C21H19N7O/c29-20(10-26-13-23-24-14-26)27-11-21(12-27)5-6-28-19(21)8-18(25-28)16-7-15-3-1-2-4-17(15)22-9-16/h1-4,7-9,13-14H,5-6,10-12H2. The molecule has 2 aliphatic rings. The molecular formula is C21H19N7O. The molecule has 4 aromatic rings. The van der Waals surface area contributed by atoms with Gasteiger partial charge in [0.15, 0.2) is 0 Å². The summed E-state index contributed by atoms with van der Waals surface area (Å²) < 4.78 is 3.81. The van der Waals surface area contributed by atoms with Crippen LogP contribution in [0, 0.1) is 0 Å². The zero-order chi connectivity index (χ0) is 19.4. The van der Waals surface area contributed by atoms with Crippen LogP contribution < -0.4 is 0 Å². The molecule has 2 aliphatic heterocycles. The van der Waals surface area contributed by atoms with Crippen molar-refractivity contribution in [2.45, 2.75) is 24.9 Å². The fraction of sp³-hybridized carbons (Fsp3) is 0.286. The van der Waals surface area contributed by atoms with E-state index >= 15 is 0 Å². The van der Waals surface area contributed by atoms with Crippen LogP contribution in [0.2, 0.25) is 0 Å². The minimum Gasteiger partial charge on any atom is -0.339 e. The van der Waals surface area contributed by atoms with Gasteiger partial charge >= 0.3 is 0 Å². The molecule has 5 heterocycles. The molecule has 0 bridgehead atoms. The highest BCUT2D eigenvalue weighted by Gasteiger charge is 2.51. The average Bonchev–Trinajstić information content (AvgIpc) is 3.43. The zero-order valence-electron chi connectivity index (χ0n) is 15.8. The van der Waals surface area contributed by atoms with Crippen LogP contribution in [0.15, 0.2) is 55.2 Å². The van der Waals surface area contributed by atoms with E-state index in [9.17, 15) is 4.79 Å². The van der Waals surface area contributed by atoms with Crippen molar-refractivity contribution < 1.29 is 4.79 Å². The number of pyridine rings is 1. The first-order chi connectivity index (χ1) is 14.2. The predicted octanol–water partition coefficient (Wildman–Crippen LogP) is 1.87. The monoisotopic (exact) mass is 385 g/mol. The van der Waals surface area contributed by atoms with E-state index < -0.39 is 0 Å². The Hall–Kier alpha value is -3.55. The Morgan fingerprint density at radius 2 is 1.93 bits per heavy atom. The van der Waals surface area contributed by atoms with Gasteiger partial charge in [-0.3, -0.25) is 14.5 Å². The van der Waals surface area contributed by atoms with E-state index in [-0.39, 0.29) is 17.9 Å². The van der Waals surface area contributed by atoms with Gasteiger partial charge in [-0.1, -0.05) is 18.2 Å².